The molecule has 2 aromatic carbocycles. The molecule has 0 saturated heterocycles. The average molecular weight is 336 g/mol. The van der Waals surface area contributed by atoms with E-state index in [1.807, 2.05) is 18.2 Å². The number of aromatic amines is 1. The first kappa shape index (κ1) is 14.8. The first-order chi connectivity index (χ1) is 10.5. The Morgan fingerprint density at radius 3 is 2.64 bits per heavy atom. The molecule has 0 aliphatic rings. The number of fused-ring (bicyclic) bond motifs is 1. The number of hydrogen-bond acceptors (Lipinski definition) is 2. The summed E-state index contributed by atoms with van der Waals surface area (Å²) in [5.74, 6) is -0.361. The van der Waals surface area contributed by atoms with Crippen LogP contribution in [0.1, 0.15) is 16.1 Å². The van der Waals surface area contributed by atoms with Crippen LogP contribution in [0, 0.1) is 0 Å². The fourth-order valence-electron chi connectivity index (χ4n) is 2.12. The van der Waals surface area contributed by atoms with Gasteiger partial charge in [-0.25, -0.2) is 4.79 Å². The SMILES string of the molecule is O=C(O)c1cc2cc(COc3ccc(Cl)c(Cl)c3)ccc2[nH]1. The van der Waals surface area contributed by atoms with Crippen molar-refractivity contribution in [2.45, 2.75) is 6.61 Å². The summed E-state index contributed by atoms with van der Waals surface area (Å²) in [5, 5.41) is 10.7. The van der Waals surface area contributed by atoms with E-state index in [9.17, 15) is 4.79 Å². The highest BCUT2D eigenvalue weighted by molar-refractivity contribution is 6.42. The molecular formula is C16H11Cl2NO3. The third-order valence-electron chi connectivity index (χ3n) is 3.21. The van der Waals surface area contributed by atoms with E-state index >= 15 is 0 Å². The second kappa shape index (κ2) is 5.91. The van der Waals surface area contributed by atoms with Gasteiger partial charge in [0, 0.05) is 17.0 Å². The van der Waals surface area contributed by atoms with E-state index in [1.165, 1.54) is 0 Å². The number of nitrogens with one attached hydrogen (secondary N) is 1. The standard InChI is InChI=1S/C16H11Cl2NO3/c17-12-3-2-11(7-13(12)18)22-8-9-1-4-14-10(5-9)6-15(19-14)16(20)21/h1-7,19H,8H2,(H,20,21). The Kier molecular flexibility index (Phi) is 3.96. The van der Waals surface area contributed by atoms with Crippen LogP contribution in [0.5, 0.6) is 5.75 Å². The fourth-order valence-corrected chi connectivity index (χ4v) is 2.41. The van der Waals surface area contributed by atoms with Gasteiger partial charge in [0.15, 0.2) is 0 Å². The van der Waals surface area contributed by atoms with E-state index in [2.05, 4.69) is 4.98 Å². The molecule has 0 bridgehead atoms. The third-order valence-corrected chi connectivity index (χ3v) is 3.95. The molecule has 1 aromatic heterocycles. The van der Waals surface area contributed by atoms with Crippen molar-refractivity contribution in [2.24, 2.45) is 0 Å². The largest absolute Gasteiger partial charge is 0.489 e. The van der Waals surface area contributed by atoms with Gasteiger partial charge in [-0.1, -0.05) is 29.3 Å². The smallest absolute Gasteiger partial charge is 0.352 e. The van der Waals surface area contributed by atoms with Crippen molar-refractivity contribution < 1.29 is 14.6 Å². The van der Waals surface area contributed by atoms with Crippen LogP contribution in [-0.2, 0) is 6.61 Å². The lowest BCUT2D eigenvalue weighted by atomic mass is 10.1. The van der Waals surface area contributed by atoms with Gasteiger partial charge in [0.05, 0.1) is 10.0 Å². The summed E-state index contributed by atoms with van der Waals surface area (Å²) in [7, 11) is 0. The predicted octanol–water partition coefficient (Wildman–Crippen LogP) is 4.75. The first-order valence-electron chi connectivity index (χ1n) is 6.46. The molecule has 0 spiro atoms. The van der Waals surface area contributed by atoms with Crippen molar-refractivity contribution in [3.8, 4) is 5.75 Å². The van der Waals surface area contributed by atoms with Gasteiger partial charge in [0.2, 0.25) is 0 Å². The zero-order chi connectivity index (χ0) is 15.7. The Labute approximate surface area is 136 Å². The number of H-pyrrole nitrogens is 1. The van der Waals surface area contributed by atoms with E-state index in [4.69, 9.17) is 33.0 Å². The Morgan fingerprint density at radius 1 is 1.09 bits per heavy atom. The lowest BCUT2D eigenvalue weighted by molar-refractivity contribution is 0.0691. The van der Waals surface area contributed by atoms with Crippen LogP contribution in [0.4, 0.5) is 0 Å². The number of carboxylic acid groups (broad SMARTS) is 1. The number of halogens is 2. The van der Waals surface area contributed by atoms with Crippen LogP contribution in [0.25, 0.3) is 10.9 Å². The second-order valence-electron chi connectivity index (χ2n) is 4.77. The van der Waals surface area contributed by atoms with Gasteiger partial charge in [-0.05, 0) is 35.9 Å². The Morgan fingerprint density at radius 2 is 1.91 bits per heavy atom. The summed E-state index contributed by atoms with van der Waals surface area (Å²) < 4.78 is 5.66. The maximum absolute atomic E-state index is 10.9. The molecule has 3 aromatic rings. The topological polar surface area (TPSA) is 62.3 Å². The van der Waals surface area contributed by atoms with Crippen molar-refractivity contribution in [1.82, 2.24) is 4.98 Å². The fraction of sp³-hybridized carbons (Fsp3) is 0.0625. The van der Waals surface area contributed by atoms with Crippen molar-refractivity contribution >= 4 is 40.1 Å². The number of benzene rings is 2. The quantitative estimate of drug-likeness (QED) is 0.723. The molecule has 2 N–H and O–H groups in total. The van der Waals surface area contributed by atoms with Crippen LogP contribution in [0.3, 0.4) is 0 Å². The minimum atomic E-state index is -0.982. The Hall–Kier alpha value is -2.17. The van der Waals surface area contributed by atoms with Crippen LogP contribution in [0.15, 0.2) is 42.5 Å². The molecule has 0 radical (unpaired) electrons. The number of ether oxygens (including phenoxy) is 1. The zero-order valence-electron chi connectivity index (χ0n) is 11.3. The number of aromatic carboxylic acids is 1. The summed E-state index contributed by atoms with van der Waals surface area (Å²) in [4.78, 5) is 13.8. The van der Waals surface area contributed by atoms with Gasteiger partial charge in [0.25, 0.3) is 0 Å². The molecule has 3 rings (SSSR count). The molecule has 0 atom stereocenters. The summed E-state index contributed by atoms with van der Waals surface area (Å²) in [6.45, 7) is 0.349. The first-order valence-corrected chi connectivity index (χ1v) is 7.21. The highest BCUT2D eigenvalue weighted by Gasteiger charge is 2.08. The maximum atomic E-state index is 10.9. The normalized spacial score (nSPS) is 10.8. The highest BCUT2D eigenvalue weighted by atomic mass is 35.5. The second-order valence-corrected chi connectivity index (χ2v) is 5.59. The maximum Gasteiger partial charge on any atom is 0.352 e. The number of carbonyl (C=O) groups is 1. The van der Waals surface area contributed by atoms with Crippen molar-refractivity contribution in [1.29, 1.82) is 0 Å². The molecule has 1 heterocycles. The van der Waals surface area contributed by atoms with E-state index in [0.717, 1.165) is 16.5 Å². The van der Waals surface area contributed by atoms with Crippen molar-refractivity contribution in [3.63, 3.8) is 0 Å². The predicted molar refractivity (Wildman–Crippen MR) is 86.1 cm³/mol. The van der Waals surface area contributed by atoms with Crippen LogP contribution >= 0.6 is 23.2 Å². The molecule has 0 amide bonds. The Balaban J connectivity index is 1.78. The van der Waals surface area contributed by atoms with E-state index in [0.29, 0.717) is 22.4 Å². The van der Waals surface area contributed by atoms with Crippen molar-refractivity contribution in [2.75, 3.05) is 0 Å². The van der Waals surface area contributed by atoms with E-state index in [1.54, 1.807) is 24.3 Å². The van der Waals surface area contributed by atoms with E-state index < -0.39 is 5.97 Å². The van der Waals surface area contributed by atoms with Gasteiger partial charge >= 0.3 is 5.97 Å². The van der Waals surface area contributed by atoms with E-state index in [-0.39, 0.29) is 5.69 Å². The molecule has 4 nitrogen and oxygen atoms in total. The Bertz CT molecular complexity index is 858. The van der Waals surface area contributed by atoms with Gasteiger partial charge in [-0.3, -0.25) is 0 Å². The minimum Gasteiger partial charge on any atom is -0.489 e. The lowest BCUT2D eigenvalue weighted by Gasteiger charge is -2.07. The molecule has 6 heteroatoms. The molecule has 0 saturated carbocycles. The van der Waals surface area contributed by atoms with Crippen LogP contribution in [-0.4, -0.2) is 16.1 Å². The molecule has 22 heavy (non-hydrogen) atoms. The van der Waals surface area contributed by atoms with Gasteiger partial charge in [-0.2, -0.15) is 0 Å². The zero-order valence-corrected chi connectivity index (χ0v) is 12.8. The minimum absolute atomic E-state index is 0.164. The molecular weight excluding hydrogens is 325 g/mol. The molecule has 0 aliphatic carbocycles. The number of aromatic nitrogens is 1. The number of carboxylic acids is 1. The average Bonchev–Trinajstić information content (AvgIpc) is 2.92. The number of rotatable bonds is 4. The third kappa shape index (κ3) is 3.03. The van der Waals surface area contributed by atoms with Gasteiger partial charge in [-0.15, -0.1) is 0 Å². The lowest BCUT2D eigenvalue weighted by Crippen LogP contribution is -1.95. The van der Waals surface area contributed by atoms with Gasteiger partial charge < -0.3 is 14.8 Å². The monoisotopic (exact) mass is 335 g/mol. The van der Waals surface area contributed by atoms with Crippen molar-refractivity contribution in [3.05, 3.63) is 63.8 Å². The van der Waals surface area contributed by atoms with Crippen LogP contribution in [0.2, 0.25) is 10.0 Å². The summed E-state index contributed by atoms with van der Waals surface area (Å²) >= 11 is 11.8. The molecule has 0 unspecified atom stereocenters. The number of hydrogen-bond donors (Lipinski definition) is 2. The summed E-state index contributed by atoms with van der Waals surface area (Å²) in [5.41, 5.74) is 1.86. The van der Waals surface area contributed by atoms with Gasteiger partial charge in [0.1, 0.15) is 18.1 Å². The molecule has 0 fully saturated rings. The summed E-state index contributed by atoms with van der Waals surface area (Å²) in [6.07, 6.45) is 0. The highest BCUT2D eigenvalue weighted by Crippen LogP contribution is 2.27. The molecule has 0 aliphatic heterocycles. The summed E-state index contributed by atoms with van der Waals surface area (Å²) in [6, 6.07) is 12.3. The van der Waals surface area contributed by atoms with Crippen LogP contribution < -0.4 is 4.74 Å². The molecule has 112 valence electrons.